The topological polar surface area (TPSA) is 101 Å². The van der Waals surface area contributed by atoms with Crippen LogP contribution in [0.4, 0.5) is 14.7 Å². The SMILES string of the molecule is CS(=O)(=O)/C=C/[C@@H](NC(=O)c1cnc(N2CC(F)(F)C2)nc1Oc1ccccc1)C1CC1. The summed E-state index contributed by atoms with van der Waals surface area (Å²) in [5.74, 6) is -2.84. The molecule has 1 aromatic carbocycles. The van der Waals surface area contributed by atoms with E-state index in [9.17, 15) is 22.0 Å². The number of alkyl halides is 2. The van der Waals surface area contributed by atoms with E-state index in [4.69, 9.17) is 4.74 Å². The number of hydrogen-bond acceptors (Lipinski definition) is 7. The molecule has 0 unspecified atom stereocenters. The third kappa shape index (κ3) is 5.58. The maximum atomic E-state index is 13.3. The summed E-state index contributed by atoms with van der Waals surface area (Å²) in [6.45, 7) is -1.02. The van der Waals surface area contributed by atoms with Gasteiger partial charge >= 0.3 is 0 Å². The highest BCUT2D eigenvalue weighted by atomic mass is 32.2. The molecular weight excluding hydrogens is 442 g/mol. The zero-order valence-corrected chi connectivity index (χ0v) is 18.1. The number of para-hydroxylation sites is 1. The lowest BCUT2D eigenvalue weighted by molar-refractivity contribution is -0.0272. The summed E-state index contributed by atoms with van der Waals surface area (Å²) < 4.78 is 55.3. The first-order valence-corrected chi connectivity index (χ1v) is 12.0. The first kappa shape index (κ1) is 22.1. The van der Waals surface area contributed by atoms with Crippen LogP contribution in [0.15, 0.2) is 48.0 Å². The van der Waals surface area contributed by atoms with E-state index >= 15 is 0 Å². The van der Waals surface area contributed by atoms with E-state index in [0.717, 1.165) is 24.5 Å². The van der Waals surface area contributed by atoms with Crippen LogP contribution in [0.1, 0.15) is 23.2 Å². The van der Waals surface area contributed by atoms with Crippen LogP contribution in [0.3, 0.4) is 0 Å². The second-order valence-electron chi connectivity index (χ2n) is 8.01. The van der Waals surface area contributed by atoms with E-state index in [0.29, 0.717) is 5.75 Å². The molecule has 1 N–H and O–H groups in total. The van der Waals surface area contributed by atoms with Crippen LogP contribution in [0, 0.1) is 5.92 Å². The first-order chi connectivity index (χ1) is 15.1. The normalized spacial score (nSPS) is 18.8. The van der Waals surface area contributed by atoms with Crippen molar-refractivity contribution in [2.45, 2.75) is 24.8 Å². The zero-order valence-electron chi connectivity index (χ0n) is 17.2. The Morgan fingerprint density at radius 1 is 1.28 bits per heavy atom. The number of hydrogen-bond donors (Lipinski definition) is 1. The Hall–Kier alpha value is -3.08. The molecule has 8 nitrogen and oxygen atoms in total. The maximum Gasteiger partial charge on any atom is 0.282 e. The summed E-state index contributed by atoms with van der Waals surface area (Å²) in [5, 5.41) is 3.87. The van der Waals surface area contributed by atoms with Gasteiger partial charge in [0.2, 0.25) is 11.8 Å². The van der Waals surface area contributed by atoms with E-state index in [1.165, 1.54) is 17.2 Å². The third-order valence-corrected chi connectivity index (χ3v) is 5.68. The van der Waals surface area contributed by atoms with Gasteiger partial charge in [0.15, 0.2) is 9.84 Å². The van der Waals surface area contributed by atoms with Gasteiger partial charge in [-0.25, -0.2) is 22.2 Å². The fraction of sp³-hybridized carbons (Fsp3) is 0.381. The van der Waals surface area contributed by atoms with E-state index in [1.807, 2.05) is 0 Å². The van der Waals surface area contributed by atoms with E-state index < -0.39 is 40.8 Å². The van der Waals surface area contributed by atoms with Crippen LogP contribution >= 0.6 is 0 Å². The number of anilines is 1. The number of nitrogens with one attached hydrogen (secondary N) is 1. The van der Waals surface area contributed by atoms with Crippen LogP contribution in [0.5, 0.6) is 11.6 Å². The molecule has 2 heterocycles. The Bertz CT molecular complexity index is 1130. The fourth-order valence-electron chi connectivity index (χ4n) is 3.23. The lowest BCUT2D eigenvalue weighted by Crippen LogP contribution is -2.57. The summed E-state index contributed by atoms with van der Waals surface area (Å²) in [6, 6.07) is 8.14. The van der Waals surface area contributed by atoms with Gasteiger partial charge in [0, 0.05) is 17.9 Å². The summed E-state index contributed by atoms with van der Waals surface area (Å²) in [5.41, 5.74) is 0.0169. The van der Waals surface area contributed by atoms with Gasteiger partial charge in [-0.2, -0.15) is 4.98 Å². The number of carbonyl (C=O) groups excluding carboxylic acids is 1. The highest BCUT2D eigenvalue weighted by molar-refractivity contribution is 7.93. The molecule has 1 aliphatic heterocycles. The number of halogens is 2. The zero-order chi connectivity index (χ0) is 22.9. The van der Waals surface area contributed by atoms with Crippen molar-refractivity contribution in [2.75, 3.05) is 24.2 Å². The Morgan fingerprint density at radius 2 is 1.97 bits per heavy atom. The molecule has 1 aliphatic carbocycles. The third-order valence-electron chi connectivity index (χ3n) is 5.03. The van der Waals surface area contributed by atoms with Crippen molar-refractivity contribution < 1.29 is 26.7 Å². The van der Waals surface area contributed by atoms with Gasteiger partial charge in [-0.3, -0.25) is 4.79 Å². The highest BCUT2D eigenvalue weighted by Crippen LogP contribution is 2.35. The molecule has 0 bridgehead atoms. The van der Waals surface area contributed by atoms with Crippen molar-refractivity contribution in [3.8, 4) is 11.6 Å². The van der Waals surface area contributed by atoms with E-state index in [1.54, 1.807) is 30.3 Å². The quantitative estimate of drug-likeness (QED) is 0.641. The van der Waals surface area contributed by atoms with Gasteiger partial charge in [-0.05, 0) is 30.9 Å². The maximum absolute atomic E-state index is 13.3. The molecule has 11 heteroatoms. The second kappa shape index (κ2) is 8.45. The van der Waals surface area contributed by atoms with Gasteiger partial charge < -0.3 is 15.0 Å². The lowest BCUT2D eigenvalue weighted by Gasteiger charge is -2.38. The van der Waals surface area contributed by atoms with Gasteiger partial charge in [0.1, 0.15) is 11.3 Å². The number of amides is 1. The molecule has 1 atom stereocenters. The van der Waals surface area contributed by atoms with Crippen LogP contribution in [-0.2, 0) is 9.84 Å². The first-order valence-electron chi connectivity index (χ1n) is 10.0. The van der Waals surface area contributed by atoms with Gasteiger partial charge in [-0.15, -0.1) is 0 Å². The average Bonchev–Trinajstić information content (AvgIpc) is 3.54. The summed E-state index contributed by atoms with van der Waals surface area (Å²) >= 11 is 0. The Morgan fingerprint density at radius 3 is 2.56 bits per heavy atom. The number of sulfone groups is 1. The Labute approximate surface area is 184 Å². The van der Waals surface area contributed by atoms with E-state index in [2.05, 4.69) is 15.3 Å². The standard InChI is InChI=1S/C21H22F2N4O4S/c1-32(29,30)10-9-17(14-7-8-14)25-18(28)16-11-24-20(27-12-21(22,23)13-27)26-19(16)31-15-5-3-2-4-6-15/h2-6,9-11,14,17H,7-8,12-13H2,1H3,(H,25,28)/b10-9+/t17-/m1/s1. The minimum atomic E-state index is -3.34. The molecule has 0 spiro atoms. The fourth-order valence-corrected chi connectivity index (χ4v) is 3.69. The van der Waals surface area contributed by atoms with Gasteiger partial charge in [0.05, 0.1) is 19.1 Å². The highest BCUT2D eigenvalue weighted by Gasteiger charge is 2.45. The molecule has 2 aliphatic rings. The summed E-state index contributed by atoms with van der Waals surface area (Å²) in [4.78, 5) is 22.6. The molecule has 1 saturated carbocycles. The lowest BCUT2D eigenvalue weighted by atomic mass is 10.1. The molecule has 1 aromatic heterocycles. The molecule has 170 valence electrons. The van der Waals surface area contributed by atoms with Crippen molar-refractivity contribution in [3.05, 3.63) is 53.6 Å². The second-order valence-corrected chi connectivity index (χ2v) is 9.94. The number of nitrogens with zero attached hydrogens (tertiary/aromatic N) is 3. The molecule has 0 radical (unpaired) electrons. The van der Waals surface area contributed by atoms with Crippen molar-refractivity contribution in [1.82, 2.24) is 15.3 Å². The minimum Gasteiger partial charge on any atom is -0.438 e. The van der Waals surface area contributed by atoms with Crippen LogP contribution < -0.4 is 15.0 Å². The monoisotopic (exact) mass is 464 g/mol. The predicted octanol–water partition coefficient (Wildman–Crippen LogP) is 2.79. The van der Waals surface area contributed by atoms with Crippen LogP contribution in [-0.4, -0.2) is 55.6 Å². The smallest absolute Gasteiger partial charge is 0.282 e. The number of benzene rings is 1. The van der Waals surface area contributed by atoms with Crippen LogP contribution in [0.2, 0.25) is 0 Å². The Balaban J connectivity index is 1.59. The molecule has 4 rings (SSSR count). The minimum absolute atomic E-state index is 0.0169. The average molecular weight is 464 g/mol. The molecule has 2 fully saturated rings. The Kier molecular flexibility index (Phi) is 5.85. The molecular formula is C21H22F2N4O4S. The van der Waals surface area contributed by atoms with Gasteiger partial charge in [-0.1, -0.05) is 24.3 Å². The number of aromatic nitrogens is 2. The molecule has 2 aromatic rings. The summed E-state index contributed by atoms with van der Waals surface area (Å²) in [6.07, 6.45) is 5.50. The van der Waals surface area contributed by atoms with Crippen molar-refractivity contribution >= 4 is 21.7 Å². The predicted molar refractivity (Wildman–Crippen MR) is 114 cm³/mol. The largest absolute Gasteiger partial charge is 0.438 e. The van der Waals surface area contributed by atoms with Crippen molar-refractivity contribution in [2.24, 2.45) is 5.92 Å². The number of rotatable bonds is 8. The van der Waals surface area contributed by atoms with Crippen molar-refractivity contribution in [1.29, 1.82) is 0 Å². The van der Waals surface area contributed by atoms with E-state index in [-0.39, 0.29) is 23.3 Å². The molecule has 1 saturated heterocycles. The number of ether oxygens (including phenoxy) is 1. The summed E-state index contributed by atoms with van der Waals surface area (Å²) in [7, 11) is -3.34. The van der Waals surface area contributed by atoms with Gasteiger partial charge in [0.25, 0.3) is 11.8 Å². The molecule has 32 heavy (non-hydrogen) atoms. The number of carbonyl (C=O) groups is 1. The molecule has 1 amide bonds. The van der Waals surface area contributed by atoms with Crippen molar-refractivity contribution in [3.63, 3.8) is 0 Å². The van der Waals surface area contributed by atoms with Crippen LogP contribution in [0.25, 0.3) is 0 Å².